The van der Waals surface area contributed by atoms with E-state index in [0.717, 1.165) is 0 Å². The van der Waals surface area contributed by atoms with Crippen molar-refractivity contribution >= 4 is 27.4 Å². The first-order chi connectivity index (χ1) is 9.99. The molecule has 0 unspecified atom stereocenters. The van der Waals surface area contributed by atoms with Gasteiger partial charge in [0.15, 0.2) is 5.78 Å². The summed E-state index contributed by atoms with van der Waals surface area (Å²) >= 11 is 3.19. The summed E-state index contributed by atoms with van der Waals surface area (Å²) in [6.45, 7) is 1.76. The number of halogens is 1. The van der Waals surface area contributed by atoms with Gasteiger partial charge in [0.1, 0.15) is 17.2 Å². The molecule has 0 aliphatic heterocycles. The number of non-ortho nitro benzene ring substituents is 1. The van der Waals surface area contributed by atoms with Crippen LogP contribution in [0.1, 0.15) is 23.8 Å². The summed E-state index contributed by atoms with van der Waals surface area (Å²) in [5, 5.41) is 10.8. The Bertz CT molecular complexity index is 686. The zero-order valence-corrected chi connectivity index (χ0v) is 12.7. The van der Waals surface area contributed by atoms with Crippen LogP contribution in [0.5, 0.6) is 11.5 Å². The normalized spacial score (nSPS) is 10.2. The van der Waals surface area contributed by atoms with Crippen molar-refractivity contribution in [3.63, 3.8) is 0 Å². The van der Waals surface area contributed by atoms with Gasteiger partial charge in [0.2, 0.25) is 0 Å². The predicted molar refractivity (Wildman–Crippen MR) is 79.7 cm³/mol. The number of aromatic nitrogens is 1. The van der Waals surface area contributed by atoms with Crippen molar-refractivity contribution in [2.45, 2.75) is 13.3 Å². The molecule has 6 nitrogen and oxygen atoms in total. The second-order valence-electron chi connectivity index (χ2n) is 4.16. The number of carbonyl (C=O) groups excluding carboxylic acids is 1. The Morgan fingerprint density at radius 2 is 2.10 bits per heavy atom. The predicted octanol–water partition coefficient (Wildman–Crippen LogP) is 4.14. The second kappa shape index (κ2) is 6.45. The molecule has 0 aliphatic carbocycles. The smallest absolute Gasteiger partial charge is 0.274 e. The molecule has 108 valence electrons. The Morgan fingerprint density at radius 3 is 2.67 bits per heavy atom. The van der Waals surface area contributed by atoms with E-state index in [9.17, 15) is 14.9 Å². The number of pyridine rings is 1. The molecule has 0 amide bonds. The number of benzene rings is 1. The van der Waals surface area contributed by atoms with Gasteiger partial charge in [-0.05, 0) is 18.2 Å². The molecule has 0 saturated carbocycles. The molecule has 0 N–H and O–H groups in total. The highest BCUT2D eigenvalue weighted by molar-refractivity contribution is 9.10. The number of rotatable bonds is 5. The van der Waals surface area contributed by atoms with Crippen LogP contribution in [-0.2, 0) is 0 Å². The Labute approximate surface area is 129 Å². The number of nitro groups is 1. The van der Waals surface area contributed by atoms with Gasteiger partial charge in [-0.1, -0.05) is 22.9 Å². The third-order valence-electron chi connectivity index (χ3n) is 2.65. The van der Waals surface area contributed by atoms with E-state index in [-0.39, 0.29) is 11.5 Å². The molecule has 0 fully saturated rings. The van der Waals surface area contributed by atoms with Crippen molar-refractivity contribution in [3.8, 4) is 11.5 Å². The van der Waals surface area contributed by atoms with E-state index >= 15 is 0 Å². The number of ketones is 1. The fourth-order valence-corrected chi connectivity index (χ4v) is 2.10. The Morgan fingerprint density at radius 1 is 1.33 bits per heavy atom. The zero-order valence-electron chi connectivity index (χ0n) is 11.1. The molecule has 0 atom stereocenters. The Hall–Kier alpha value is -2.28. The number of nitrogens with zero attached hydrogens (tertiary/aromatic N) is 2. The molecule has 0 saturated heterocycles. The molecule has 21 heavy (non-hydrogen) atoms. The van der Waals surface area contributed by atoms with Crippen LogP contribution in [0.4, 0.5) is 5.69 Å². The Kier molecular flexibility index (Phi) is 4.64. The SMILES string of the molecule is CCC(=O)c1ccc(Oc2cc(Br)cc([N+](=O)[O-])c2)cn1. The third kappa shape index (κ3) is 3.85. The van der Waals surface area contributed by atoms with E-state index in [1.807, 2.05) is 0 Å². The van der Waals surface area contributed by atoms with Gasteiger partial charge < -0.3 is 4.74 Å². The molecular formula is C14H11BrN2O4. The molecule has 2 aromatic rings. The summed E-state index contributed by atoms with van der Waals surface area (Å²) in [5.74, 6) is 0.655. The highest BCUT2D eigenvalue weighted by atomic mass is 79.9. The quantitative estimate of drug-likeness (QED) is 0.459. The molecule has 0 radical (unpaired) electrons. The molecular weight excluding hydrogens is 340 g/mol. The van der Waals surface area contributed by atoms with Crippen molar-refractivity contribution < 1.29 is 14.5 Å². The monoisotopic (exact) mass is 350 g/mol. The summed E-state index contributed by atoms with van der Waals surface area (Å²) in [4.78, 5) is 25.8. The minimum atomic E-state index is -0.501. The van der Waals surface area contributed by atoms with Crippen LogP contribution in [0.3, 0.4) is 0 Å². The molecule has 0 aliphatic rings. The maximum Gasteiger partial charge on any atom is 0.274 e. The molecule has 1 aromatic carbocycles. The van der Waals surface area contributed by atoms with Crippen LogP contribution in [0.15, 0.2) is 41.0 Å². The van der Waals surface area contributed by atoms with Crippen LogP contribution in [0.25, 0.3) is 0 Å². The minimum Gasteiger partial charge on any atom is -0.455 e. The summed E-state index contributed by atoms with van der Waals surface area (Å²) in [7, 11) is 0. The molecule has 7 heteroatoms. The molecule has 0 spiro atoms. The first kappa shape index (κ1) is 15.1. The zero-order chi connectivity index (χ0) is 15.4. The molecule has 1 aromatic heterocycles. The number of ether oxygens (including phenoxy) is 1. The van der Waals surface area contributed by atoms with Gasteiger partial charge in [0.05, 0.1) is 17.2 Å². The van der Waals surface area contributed by atoms with Crippen LogP contribution in [0, 0.1) is 10.1 Å². The van der Waals surface area contributed by atoms with Crippen molar-refractivity contribution in [1.29, 1.82) is 0 Å². The number of nitro benzene ring substituents is 1. The van der Waals surface area contributed by atoms with E-state index in [1.54, 1.807) is 25.1 Å². The molecule has 1 heterocycles. The first-order valence-electron chi connectivity index (χ1n) is 6.11. The lowest BCUT2D eigenvalue weighted by atomic mass is 10.2. The Balaban J connectivity index is 2.22. The van der Waals surface area contributed by atoms with E-state index in [4.69, 9.17) is 4.74 Å². The van der Waals surface area contributed by atoms with E-state index in [0.29, 0.717) is 28.1 Å². The molecule has 0 bridgehead atoms. The lowest BCUT2D eigenvalue weighted by Gasteiger charge is -2.06. The van der Waals surface area contributed by atoms with Crippen LogP contribution < -0.4 is 4.74 Å². The van der Waals surface area contributed by atoms with Gasteiger partial charge in [-0.2, -0.15) is 0 Å². The second-order valence-corrected chi connectivity index (χ2v) is 5.08. The fraction of sp³-hybridized carbons (Fsp3) is 0.143. The molecule has 2 rings (SSSR count). The minimum absolute atomic E-state index is 0.0559. The number of hydrogen-bond donors (Lipinski definition) is 0. The van der Waals surface area contributed by atoms with Crippen molar-refractivity contribution in [1.82, 2.24) is 4.98 Å². The van der Waals surface area contributed by atoms with Gasteiger partial charge in [-0.25, -0.2) is 4.98 Å². The maximum absolute atomic E-state index is 11.5. The van der Waals surface area contributed by atoms with Crippen molar-refractivity contribution in [2.24, 2.45) is 0 Å². The topological polar surface area (TPSA) is 82.3 Å². The van der Waals surface area contributed by atoms with Gasteiger partial charge in [0.25, 0.3) is 5.69 Å². The van der Waals surface area contributed by atoms with E-state index in [2.05, 4.69) is 20.9 Å². The van der Waals surface area contributed by atoms with Gasteiger partial charge in [0, 0.05) is 17.0 Å². The average Bonchev–Trinajstić information content (AvgIpc) is 2.46. The first-order valence-corrected chi connectivity index (χ1v) is 6.91. The van der Waals surface area contributed by atoms with Gasteiger partial charge >= 0.3 is 0 Å². The van der Waals surface area contributed by atoms with Crippen molar-refractivity contribution in [3.05, 3.63) is 56.8 Å². The van der Waals surface area contributed by atoms with E-state index < -0.39 is 4.92 Å². The van der Waals surface area contributed by atoms with Crippen LogP contribution in [-0.4, -0.2) is 15.7 Å². The highest BCUT2D eigenvalue weighted by Gasteiger charge is 2.11. The summed E-state index contributed by atoms with van der Waals surface area (Å²) in [6.07, 6.45) is 1.79. The highest BCUT2D eigenvalue weighted by Crippen LogP contribution is 2.29. The third-order valence-corrected chi connectivity index (χ3v) is 3.10. The summed E-state index contributed by atoms with van der Waals surface area (Å²) in [5.41, 5.74) is 0.287. The number of carbonyl (C=O) groups is 1. The van der Waals surface area contributed by atoms with Crippen molar-refractivity contribution in [2.75, 3.05) is 0 Å². The van der Waals surface area contributed by atoms with Crippen LogP contribution in [0.2, 0.25) is 0 Å². The van der Waals surface area contributed by atoms with Gasteiger partial charge in [-0.3, -0.25) is 14.9 Å². The number of Topliss-reactive ketones (excluding diaryl/α,β-unsaturated/α-hetero) is 1. The lowest BCUT2D eigenvalue weighted by Crippen LogP contribution is -1.99. The average molecular weight is 351 g/mol. The maximum atomic E-state index is 11.5. The summed E-state index contributed by atoms with van der Waals surface area (Å²) < 4.78 is 6.05. The van der Waals surface area contributed by atoms with E-state index in [1.165, 1.54) is 18.3 Å². The summed E-state index contributed by atoms with van der Waals surface area (Å²) in [6, 6.07) is 7.47. The largest absolute Gasteiger partial charge is 0.455 e. The number of hydrogen-bond acceptors (Lipinski definition) is 5. The standard InChI is InChI=1S/C14H11BrN2O4/c1-2-14(18)13-4-3-11(8-16-13)21-12-6-9(15)5-10(7-12)17(19)20/h3-8H,2H2,1H3. The van der Waals surface area contributed by atoms with Crippen LogP contribution >= 0.6 is 15.9 Å². The fourth-order valence-electron chi connectivity index (χ4n) is 1.64. The lowest BCUT2D eigenvalue weighted by molar-refractivity contribution is -0.385. The van der Waals surface area contributed by atoms with Gasteiger partial charge in [-0.15, -0.1) is 0 Å².